The molecule has 3 nitrogen and oxygen atoms in total. The van der Waals surface area contributed by atoms with E-state index in [0.29, 0.717) is 5.92 Å². The summed E-state index contributed by atoms with van der Waals surface area (Å²) in [4.78, 5) is 0. The maximum Gasteiger partial charge on any atom is 0.137 e. The number of aromatic nitrogens is 1. The molecule has 0 unspecified atom stereocenters. The van der Waals surface area contributed by atoms with Gasteiger partial charge in [-0.15, -0.1) is 0 Å². The Morgan fingerprint density at radius 2 is 1.95 bits per heavy atom. The Morgan fingerprint density at radius 1 is 1.20 bits per heavy atom. The van der Waals surface area contributed by atoms with Gasteiger partial charge in [0.05, 0.1) is 5.69 Å². The highest BCUT2D eigenvalue weighted by molar-refractivity contribution is 5.21. The molecule has 1 heterocycles. The van der Waals surface area contributed by atoms with Crippen molar-refractivity contribution < 1.29 is 4.52 Å². The Hall–Kier alpha value is -1.61. The molecule has 0 aliphatic heterocycles. The first-order chi connectivity index (χ1) is 9.68. The normalized spacial score (nSPS) is 12.6. The van der Waals surface area contributed by atoms with E-state index in [2.05, 4.69) is 47.7 Å². The monoisotopic (exact) mass is 272 g/mol. The van der Waals surface area contributed by atoms with Crippen molar-refractivity contribution in [1.29, 1.82) is 0 Å². The summed E-state index contributed by atoms with van der Waals surface area (Å²) in [7, 11) is 0. The highest BCUT2D eigenvalue weighted by atomic mass is 16.5. The fourth-order valence-electron chi connectivity index (χ4n) is 2.47. The second-order valence-corrected chi connectivity index (χ2v) is 5.42. The zero-order valence-electron chi connectivity index (χ0n) is 12.6. The number of benzene rings is 1. The van der Waals surface area contributed by atoms with Crippen LogP contribution in [0.2, 0.25) is 0 Å². The molecule has 2 rings (SSSR count). The minimum Gasteiger partial charge on any atom is -0.361 e. The van der Waals surface area contributed by atoms with Crippen molar-refractivity contribution in [3.05, 3.63) is 52.9 Å². The molecule has 0 aliphatic carbocycles. The van der Waals surface area contributed by atoms with Crippen molar-refractivity contribution in [2.24, 2.45) is 0 Å². The first-order valence-electron chi connectivity index (χ1n) is 7.36. The lowest BCUT2D eigenvalue weighted by molar-refractivity contribution is 0.392. The highest BCUT2D eigenvalue weighted by Crippen LogP contribution is 2.15. The van der Waals surface area contributed by atoms with Gasteiger partial charge in [-0.05, 0) is 44.7 Å². The molecule has 20 heavy (non-hydrogen) atoms. The molecular weight excluding hydrogens is 248 g/mol. The number of nitrogens with zero attached hydrogens (tertiary/aromatic N) is 1. The van der Waals surface area contributed by atoms with E-state index in [4.69, 9.17) is 4.52 Å². The first-order valence-corrected chi connectivity index (χ1v) is 7.36. The molecule has 0 saturated carbocycles. The van der Waals surface area contributed by atoms with E-state index in [-0.39, 0.29) is 0 Å². The second kappa shape index (κ2) is 7.25. The third-order valence-corrected chi connectivity index (χ3v) is 3.78. The minimum absolute atomic E-state index is 0.551. The van der Waals surface area contributed by atoms with Gasteiger partial charge in [0.1, 0.15) is 5.76 Å². The van der Waals surface area contributed by atoms with Gasteiger partial charge in [0.15, 0.2) is 0 Å². The lowest BCUT2D eigenvalue weighted by Gasteiger charge is -2.12. The minimum atomic E-state index is 0.551. The van der Waals surface area contributed by atoms with Crippen LogP contribution in [-0.4, -0.2) is 18.2 Å². The standard InChI is InChI=1S/C17H24N2O/c1-13(16-8-5-4-6-9-16)12-18-11-7-10-17-14(2)19-20-15(17)3/h4-6,8-9,13,18H,7,10-12H2,1-3H3/t13-/m0/s1. The average molecular weight is 272 g/mol. The van der Waals surface area contributed by atoms with Crippen LogP contribution in [0.4, 0.5) is 0 Å². The smallest absolute Gasteiger partial charge is 0.137 e. The van der Waals surface area contributed by atoms with Gasteiger partial charge in [0.25, 0.3) is 0 Å². The van der Waals surface area contributed by atoms with Crippen LogP contribution in [0.25, 0.3) is 0 Å². The molecule has 1 atom stereocenters. The molecule has 1 aromatic heterocycles. The zero-order valence-corrected chi connectivity index (χ0v) is 12.6. The molecular formula is C17H24N2O. The lowest BCUT2D eigenvalue weighted by Crippen LogP contribution is -2.21. The molecule has 3 heteroatoms. The van der Waals surface area contributed by atoms with Gasteiger partial charge in [-0.25, -0.2) is 0 Å². The van der Waals surface area contributed by atoms with Crippen molar-refractivity contribution in [3.63, 3.8) is 0 Å². The van der Waals surface area contributed by atoms with Gasteiger partial charge in [0, 0.05) is 12.1 Å². The van der Waals surface area contributed by atoms with Crippen molar-refractivity contribution in [2.45, 2.75) is 39.5 Å². The Kier molecular flexibility index (Phi) is 5.36. The third-order valence-electron chi connectivity index (χ3n) is 3.78. The molecule has 0 amide bonds. The van der Waals surface area contributed by atoms with Crippen molar-refractivity contribution in [2.75, 3.05) is 13.1 Å². The Morgan fingerprint density at radius 3 is 2.60 bits per heavy atom. The Balaban J connectivity index is 1.67. The van der Waals surface area contributed by atoms with E-state index in [1.165, 1.54) is 11.1 Å². The molecule has 1 N–H and O–H groups in total. The second-order valence-electron chi connectivity index (χ2n) is 5.42. The van der Waals surface area contributed by atoms with Crippen LogP contribution < -0.4 is 5.32 Å². The van der Waals surface area contributed by atoms with Crippen LogP contribution in [0, 0.1) is 13.8 Å². The molecule has 0 radical (unpaired) electrons. The number of nitrogens with one attached hydrogen (secondary N) is 1. The van der Waals surface area contributed by atoms with Crippen molar-refractivity contribution >= 4 is 0 Å². The predicted molar refractivity (Wildman–Crippen MR) is 82.0 cm³/mol. The molecule has 0 bridgehead atoms. The summed E-state index contributed by atoms with van der Waals surface area (Å²) in [5.41, 5.74) is 3.69. The summed E-state index contributed by atoms with van der Waals surface area (Å²) < 4.78 is 5.18. The largest absolute Gasteiger partial charge is 0.361 e. The van der Waals surface area contributed by atoms with Gasteiger partial charge in [0.2, 0.25) is 0 Å². The van der Waals surface area contributed by atoms with E-state index >= 15 is 0 Å². The quantitative estimate of drug-likeness (QED) is 0.782. The molecule has 1 aromatic carbocycles. The summed E-state index contributed by atoms with van der Waals surface area (Å²) in [5.74, 6) is 1.51. The molecule has 2 aromatic rings. The van der Waals surface area contributed by atoms with E-state index in [1.807, 2.05) is 13.8 Å². The molecule has 108 valence electrons. The number of hydrogen-bond acceptors (Lipinski definition) is 3. The number of rotatable bonds is 7. The van der Waals surface area contributed by atoms with Gasteiger partial charge >= 0.3 is 0 Å². The SMILES string of the molecule is Cc1noc(C)c1CCCNC[C@H](C)c1ccccc1. The number of hydrogen-bond donors (Lipinski definition) is 1. The van der Waals surface area contributed by atoms with Crippen LogP contribution >= 0.6 is 0 Å². The van der Waals surface area contributed by atoms with Gasteiger partial charge in [-0.3, -0.25) is 0 Å². The predicted octanol–water partition coefficient (Wildman–Crippen LogP) is 3.62. The summed E-state index contributed by atoms with van der Waals surface area (Å²) in [5, 5.41) is 7.52. The van der Waals surface area contributed by atoms with Crippen LogP contribution in [0.3, 0.4) is 0 Å². The highest BCUT2D eigenvalue weighted by Gasteiger charge is 2.08. The van der Waals surface area contributed by atoms with Crippen LogP contribution in [0.5, 0.6) is 0 Å². The van der Waals surface area contributed by atoms with Gasteiger partial charge in [-0.1, -0.05) is 42.4 Å². The van der Waals surface area contributed by atoms with Gasteiger partial charge in [-0.2, -0.15) is 0 Å². The first kappa shape index (κ1) is 14.8. The Labute approximate surface area is 121 Å². The molecule has 0 spiro atoms. The van der Waals surface area contributed by atoms with Crippen LogP contribution in [0.15, 0.2) is 34.9 Å². The van der Waals surface area contributed by atoms with E-state index in [9.17, 15) is 0 Å². The fourth-order valence-corrected chi connectivity index (χ4v) is 2.47. The molecule has 0 fully saturated rings. The molecule has 0 aliphatic rings. The van der Waals surface area contributed by atoms with Gasteiger partial charge < -0.3 is 9.84 Å². The van der Waals surface area contributed by atoms with Crippen molar-refractivity contribution in [1.82, 2.24) is 10.5 Å². The third kappa shape index (κ3) is 3.94. The summed E-state index contributed by atoms with van der Waals surface area (Å²) in [6.45, 7) is 8.31. The zero-order chi connectivity index (χ0) is 14.4. The maximum absolute atomic E-state index is 5.18. The Bertz CT molecular complexity index is 500. The maximum atomic E-state index is 5.18. The topological polar surface area (TPSA) is 38.1 Å². The summed E-state index contributed by atoms with van der Waals surface area (Å²) in [6.07, 6.45) is 2.15. The lowest BCUT2D eigenvalue weighted by atomic mass is 10.0. The van der Waals surface area contributed by atoms with E-state index in [0.717, 1.165) is 37.4 Å². The summed E-state index contributed by atoms with van der Waals surface area (Å²) >= 11 is 0. The number of aryl methyl sites for hydroxylation is 2. The van der Waals surface area contributed by atoms with E-state index in [1.54, 1.807) is 0 Å². The van der Waals surface area contributed by atoms with E-state index < -0.39 is 0 Å². The fraction of sp³-hybridized carbons (Fsp3) is 0.471. The molecule has 0 saturated heterocycles. The van der Waals surface area contributed by atoms with Crippen LogP contribution in [0.1, 0.15) is 41.8 Å². The van der Waals surface area contributed by atoms with Crippen molar-refractivity contribution in [3.8, 4) is 0 Å². The van der Waals surface area contributed by atoms with Crippen LogP contribution in [-0.2, 0) is 6.42 Å². The average Bonchev–Trinajstić information content (AvgIpc) is 2.79. The summed E-state index contributed by atoms with van der Waals surface area (Å²) in [6, 6.07) is 10.6.